The van der Waals surface area contributed by atoms with Crippen molar-refractivity contribution >= 4 is 23.2 Å². The fourth-order valence-electron chi connectivity index (χ4n) is 2.69. The lowest BCUT2D eigenvalue weighted by Crippen LogP contribution is -2.24. The molecule has 0 fully saturated rings. The lowest BCUT2D eigenvalue weighted by molar-refractivity contribution is 0.468. The van der Waals surface area contributed by atoms with Crippen molar-refractivity contribution in [2.75, 3.05) is 7.05 Å². The van der Waals surface area contributed by atoms with E-state index >= 15 is 0 Å². The van der Waals surface area contributed by atoms with Crippen LogP contribution in [0.4, 0.5) is 0 Å². The van der Waals surface area contributed by atoms with Crippen LogP contribution in [-0.2, 0) is 0 Å². The number of hydrogen-bond donors (Lipinski definition) is 1. The Morgan fingerprint density at radius 3 is 2.30 bits per heavy atom. The molecule has 0 radical (unpaired) electrons. The predicted octanol–water partition coefficient (Wildman–Crippen LogP) is 5.45. The first kappa shape index (κ1) is 15.4. The van der Waals surface area contributed by atoms with Crippen molar-refractivity contribution in [2.24, 2.45) is 0 Å². The zero-order chi connectivity index (χ0) is 14.5. The second-order valence-corrected chi connectivity index (χ2v) is 5.70. The van der Waals surface area contributed by atoms with Gasteiger partial charge < -0.3 is 5.32 Å². The van der Waals surface area contributed by atoms with Gasteiger partial charge in [0.1, 0.15) is 0 Å². The molecule has 0 aliphatic rings. The summed E-state index contributed by atoms with van der Waals surface area (Å²) in [6.07, 6.45) is 1.04. The Labute approximate surface area is 130 Å². The molecule has 0 aliphatic carbocycles. The van der Waals surface area contributed by atoms with Gasteiger partial charge in [0.25, 0.3) is 0 Å². The number of likely N-dealkylation sites (N-methyl/N-ethyl adjacent to an activating group) is 1. The maximum absolute atomic E-state index is 6.37. The topological polar surface area (TPSA) is 12.0 Å². The van der Waals surface area contributed by atoms with Gasteiger partial charge in [0.15, 0.2) is 0 Å². The molecule has 20 heavy (non-hydrogen) atoms. The largest absolute Gasteiger partial charge is 0.312 e. The van der Waals surface area contributed by atoms with Crippen LogP contribution < -0.4 is 5.32 Å². The molecule has 3 heteroatoms. The van der Waals surface area contributed by atoms with E-state index in [0.29, 0.717) is 16.0 Å². The molecule has 0 bridgehead atoms. The Kier molecular flexibility index (Phi) is 5.47. The third-order valence-electron chi connectivity index (χ3n) is 3.68. The highest BCUT2D eigenvalue weighted by Crippen LogP contribution is 2.37. The maximum Gasteiger partial charge on any atom is 0.0468 e. The van der Waals surface area contributed by atoms with Crippen molar-refractivity contribution in [3.05, 3.63) is 69.7 Å². The number of rotatable bonds is 5. The van der Waals surface area contributed by atoms with Crippen molar-refractivity contribution in [3.63, 3.8) is 0 Å². The van der Waals surface area contributed by atoms with Gasteiger partial charge in [-0.3, -0.25) is 0 Å². The number of hydrogen-bond acceptors (Lipinski definition) is 1. The predicted molar refractivity (Wildman–Crippen MR) is 87.7 cm³/mol. The van der Waals surface area contributed by atoms with Crippen LogP contribution in [0.2, 0.25) is 10.0 Å². The monoisotopic (exact) mass is 307 g/mol. The van der Waals surface area contributed by atoms with Crippen LogP contribution in [-0.4, -0.2) is 7.05 Å². The third-order valence-corrected chi connectivity index (χ3v) is 4.24. The van der Waals surface area contributed by atoms with E-state index in [1.807, 2.05) is 25.2 Å². The SMILES string of the molecule is CCC(c1ccccc1)C(NC)c1ccc(Cl)cc1Cl. The fraction of sp³-hybridized carbons (Fsp3) is 0.294. The molecule has 0 saturated heterocycles. The molecule has 2 aromatic carbocycles. The first-order chi connectivity index (χ1) is 9.67. The zero-order valence-corrected chi connectivity index (χ0v) is 13.2. The van der Waals surface area contributed by atoms with Crippen molar-refractivity contribution in [2.45, 2.75) is 25.3 Å². The van der Waals surface area contributed by atoms with Gasteiger partial charge in [-0.25, -0.2) is 0 Å². The minimum atomic E-state index is 0.173. The van der Waals surface area contributed by atoms with Gasteiger partial charge >= 0.3 is 0 Å². The summed E-state index contributed by atoms with van der Waals surface area (Å²) < 4.78 is 0. The van der Waals surface area contributed by atoms with Crippen LogP contribution in [0.15, 0.2) is 48.5 Å². The molecule has 0 saturated carbocycles. The molecule has 0 aliphatic heterocycles. The van der Waals surface area contributed by atoms with Gasteiger partial charge in [0.05, 0.1) is 0 Å². The first-order valence-corrected chi connectivity index (χ1v) is 7.60. The standard InChI is InChI=1S/C17H19Cl2N/c1-3-14(12-7-5-4-6-8-12)17(20-2)15-10-9-13(18)11-16(15)19/h4-11,14,17,20H,3H2,1-2H3. The van der Waals surface area contributed by atoms with Crippen LogP contribution in [0.25, 0.3) is 0 Å². The summed E-state index contributed by atoms with van der Waals surface area (Å²) in [7, 11) is 1.97. The highest BCUT2D eigenvalue weighted by molar-refractivity contribution is 6.35. The summed E-state index contributed by atoms with van der Waals surface area (Å²) in [6.45, 7) is 2.20. The van der Waals surface area contributed by atoms with E-state index < -0.39 is 0 Å². The quantitative estimate of drug-likeness (QED) is 0.774. The van der Waals surface area contributed by atoms with Crippen LogP contribution >= 0.6 is 23.2 Å². The van der Waals surface area contributed by atoms with Gasteiger partial charge in [0, 0.05) is 22.0 Å². The second kappa shape index (κ2) is 7.12. The summed E-state index contributed by atoms with van der Waals surface area (Å²) in [5, 5.41) is 4.78. The van der Waals surface area contributed by atoms with E-state index in [9.17, 15) is 0 Å². The fourth-order valence-corrected chi connectivity index (χ4v) is 3.22. The summed E-state index contributed by atoms with van der Waals surface area (Å²) in [5.74, 6) is 0.375. The van der Waals surface area contributed by atoms with E-state index in [1.54, 1.807) is 6.07 Å². The molecule has 2 aromatic rings. The van der Waals surface area contributed by atoms with Crippen molar-refractivity contribution in [1.29, 1.82) is 0 Å². The summed E-state index contributed by atoms with van der Waals surface area (Å²) in [4.78, 5) is 0. The Morgan fingerprint density at radius 2 is 1.75 bits per heavy atom. The van der Waals surface area contributed by atoms with Gasteiger partial charge in [-0.2, -0.15) is 0 Å². The van der Waals surface area contributed by atoms with Crippen LogP contribution in [0.1, 0.15) is 36.4 Å². The van der Waals surface area contributed by atoms with Crippen LogP contribution in [0, 0.1) is 0 Å². The minimum Gasteiger partial charge on any atom is -0.312 e. The van der Waals surface area contributed by atoms with Crippen molar-refractivity contribution in [1.82, 2.24) is 5.32 Å². The third kappa shape index (κ3) is 3.35. The number of halogens is 2. The van der Waals surface area contributed by atoms with E-state index in [0.717, 1.165) is 12.0 Å². The second-order valence-electron chi connectivity index (χ2n) is 4.86. The molecule has 1 nitrogen and oxygen atoms in total. The van der Waals surface area contributed by atoms with E-state index in [2.05, 4.69) is 36.5 Å². The molecular formula is C17H19Cl2N. The molecule has 1 N–H and O–H groups in total. The van der Waals surface area contributed by atoms with Crippen molar-refractivity contribution < 1.29 is 0 Å². The number of benzene rings is 2. The molecule has 0 heterocycles. The molecule has 2 rings (SSSR count). The summed E-state index contributed by atoms with van der Waals surface area (Å²) in [5.41, 5.74) is 2.41. The molecule has 2 unspecified atom stereocenters. The molecule has 0 spiro atoms. The van der Waals surface area contributed by atoms with Gasteiger partial charge in [0.2, 0.25) is 0 Å². The molecule has 0 amide bonds. The molecular weight excluding hydrogens is 289 g/mol. The molecule has 0 aromatic heterocycles. The highest BCUT2D eigenvalue weighted by atomic mass is 35.5. The molecule has 106 valence electrons. The Bertz CT molecular complexity index is 554. The highest BCUT2D eigenvalue weighted by Gasteiger charge is 2.23. The average Bonchev–Trinajstić information content (AvgIpc) is 2.46. The zero-order valence-electron chi connectivity index (χ0n) is 11.7. The van der Waals surface area contributed by atoms with E-state index in [1.165, 1.54) is 5.56 Å². The normalized spacial score (nSPS) is 14.0. The minimum absolute atomic E-state index is 0.173. The van der Waals surface area contributed by atoms with Gasteiger partial charge in [-0.05, 0) is 36.7 Å². The van der Waals surface area contributed by atoms with Gasteiger partial charge in [-0.15, -0.1) is 0 Å². The molecule has 2 atom stereocenters. The Morgan fingerprint density at radius 1 is 1.05 bits per heavy atom. The maximum atomic E-state index is 6.37. The lowest BCUT2D eigenvalue weighted by Gasteiger charge is -2.27. The first-order valence-electron chi connectivity index (χ1n) is 6.84. The van der Waals surface area contributed by atoms with Crippen LogP contribution in [0.3, 0.4) is 0 Å². The van der Waals surface area contributed by atoms with Crippen LogP contribution in [0.5, 0.6) is 0 Å². The summed E-state index contributed by atoms with van der Waals surface area (Å²) in [6, 6.07) is 16.4. The Hall–Kier alpha value is -1.02. The summed E-state index contributed by atoms with van der Waals surface area (Å²) >= 11 is 12.4. The Balaban J connectivity index is 2.39. The smallest absolute Gasteiger partial charge is 0.0468 e. The lowest BCUT2D eigenvalue weighted by atomic mass is 9.85. The van der Waals surface area contributed by atoms with E-state index in [4.69, 9.17) is 23.2 Å². The average molecular weight is 308 g/mol. The van der Waals surface area contributed by atoms with Gasteiger partial charge in [-0.1, -0.05) is 66.5 Å². The van der Waals surface area contributed by atoms with Crippen molar-refractivity contribution in [3.8, 4) is 0 Å². The van der Waals surface area contributed by atoms with E-state index in [-0.39, 0.29) is 6.04 Å². The number of nitrogens with one attached hydrogen (secondary N) is 1.